The molecule has 1 amide bonds. The van der Waals surface area contributed by atoms with Gasteiger partial charge < -0.3 is 15.5 Å². The summed E-state index contributed by atoms with van der Waals surface area (Å²) in [5.41, 5.74) is 0. The van der Waals surface area contributed by atoms with Gasteiger partial charge in [0, 0.05) is 6.42 Å². The Morgan fingerprint density at radius 1 is 0.553 bits per heavy atom. The number of carbonyl (C=O) groups is 1. The number of rotatable bonds is 38. The topological polar surface area (TPSA) is 69.6 Å². The third-order valence-corrected chi connectivity index (χ3v) is 9.95. The minimum Gasteiger partial charge on any atom is -0.394 e. The van der Waals surface area contributed by atoms with Gasteiger partial charge in [-0.15, -0.1) is 0 Å². The van der Waals surface area contributed by atoms with Crippen molar-refractivity contribution in [3.05, 3.63) is 12.2 Å². The minimum atomic E-state index is -0.834. The maximum atomic E-state index is 12.4. The molecular weight excluding hydrogens is 578 g/mol. The maximum absolute atomic E-state index is 12.4. The average Bonchev–Trinajstić information content (AvgIpc) is 3.06. The number of hydrogen-bond acceptors (Lipinski definition) is 3. The van der Waals surface area contributed by atoms with Gasteiger partial charge in [0.25, 0.3) is 0 Å². The van der Waals surface area contributed by atoms with Gasteiger partial charge in [-0.25, -0.2) is 0 Å². The molecule has 3 N–H and O–H groups in total. The van der Waals surface area contributed by atoms with Crippen molar-refractivity contribution in [1.29, 1.82) is 0 Å². The highest BCUT2D eigenvalue weighted by Gasteiger charge is 2.17. The average molecular weight is 664 g/mol. The summed E-state index contributed by atoms with van der Waals surface area (Å²) in [7, 11) is 0. The summed E-state index contributed by atoms with van der Waals surface area (Å²) >= 11 is 0. The molecule has 0 fully saturated rings. The first kappa shape index (κ1) is 46.1. The van der Waals surface area contributed by atoms with Crippen LogP contribution in [0, 0.1) is 5.92 Å². The van der Waals surface area contributed by atoms with Crippen LogP contribution in [0.4, 0.5) is 0 Å². The lowest BCUT2D eigenvalue weighted by Gasteiger charge is -2.20. The number of amides is 1. The van der Waals surface area contributed by atoms with Gasteiger partial charge in [0.15, 0.2) is 0 Å². The Bertz CT molecular complexity index is 649. The summed E-state index contributed by atoms with van der Waals surface area (Å²) < 4.78 is 0. The van der Waals surface area contributed by atoms with Crippen molar-refractivity contribution in [1.82, 2.24) is 5.32 Å². The summed E-state index contributed by atoms with van der Waals surface area (Å²) in [6.45, 7) is 6.65. The first-order chi connectivity index (χ1) is 23.0. The Kier molecular flexibility index (Phi) is 37.2. The molecule has 0 aliphatic rings. The fourth-order valence-electron chi connectivity index (χ4n) is 6.66. The van der Waals surface area contributed by atoms with E-state index < -0.39 is 12.1 Å². The standard InChI is InChI=1S/C43H85NO3/c1-4-5-6-7-8-9-10-11-12-13-14-15-16-17-18-19-20-21-22-26-29-32-35-38-43(47)44-41(39-45)42(46)37-34-31-28-25-23-24-27-30-33-36-40(2)3/h34,37,40-42,45-46H,4-33,35-36,38-39H2,1-3H3,(H,44,47)/b37-34+/t41-,42+/m0/s1. The number of hydrogen-bond donors (Lipinski definition) is 3. The number of nitrogens with one attached hydrogen (secondary N) is 1. The van der Waals surface area contributed by atoms with Gasteiger partial charge in [-0.3, -0.25) is 4.79 Å². The first-order valence-electron chi connectivity index (χ1n) is 21.3. The van der Waals surface area contributed by atoms with E-state index in [2.05, 4.69) is 26.1 Å². The van der Waals surface area contributed by atoms with Crippen molar-refractivity contribution in [2.45, 2.75) is 245 Å². The van der Waals surface area contributed by atoms with Crippen molar-refractivity contribution < 1.29 is 15.0 Å². The highest BCUT2D eigenvalue weighted by molar-refractivity contribution is 5.76. The largest absolute Gasteiger partial charge is 0.394 e. The van der Waals surface area contributed by atoms with E-state index in [0.717, 1.165) is 31.6 Å². The van der Waals surface area contributed by atoms with Gasteiger partial charge in [0.1, 0.15) is 0 Å². The SMILES string of the molecule is CCCCCCCCCCCCCCCCCCCCCCCCCC(=O)N[C@@H](CO)[C@H](O)/C=C/CCCCCCCCCC(C)C. The van der Waals surface area contributed by atoms with Gasteiger partial charge >= 0.3 is 0 Å². The summed E-state index contributed by atoms with van der Waals surface area (Å²) in [6.07, 6.45) is 46.1. The molecule has 0 aromatic carbocycles. The maximum Gasteiger partial charge on any atom is 0.220 e. The quantitative estimate of drug-likeness (QED) is 0.0455. The molecule has 0 saturated carbocycles. The van der Waals surface area contributed by atoms with E-state index >= 15 is 0 Å². The van der Waals surface area contributed by atoms with E-state index in [1.54, 1.807) is 6.08 Å². The molecule has 0 aliphatic heterocycles. The lowest BCUT2D eigenvalue weighted by Crippen LogP contribution is -2.45. The number of unbranched alkanes of at least 4 members (excludes halogenated alkanes) is 29. The lowest BCUT2D eigenvalue weighted by atomic mass is 10.0. The van der Waals surface area contributed by atoms with Crippen molar-refractivity contribution in [2.75, 3.05) is 6.61 Å². The molecule has 0 aromatic heterocycles. The monoisotopic (exact) mass is 664 g/mol. The third kappa shape index (κ3) is 36.2. The second-order valence-corrected chi connectivity index (χ2v) is 15.2. The van der Waals surface area contributed by atoms with Crippen LogP contribution in [-0.4, -0.2) is 34.9 Å². The smallest absolute Gasteiger partial charge is 0.220 e. The molecule has 280 valence electrons. The number of aliphatic hydroxyl groups excluding tert-OH is 2. The van der Waals surface area contributed by atoms with Gasteiger partial charge in [-0.1, -0.05) is 219 Å². The molecule has 47 heavy (non-hydrogen) atoms. The fourth-order valence-corrected chi connectivity index (χ4v) is 6.66. The highest BCUT2D eigenvalue weighted by atomic mass is 16.3. The molecule has 0 spiro atoms. The van der Waals surface area contributed by atoms with Crippen molar-refractivity contribution in [2.24, 2.45) is 5.92 Å². The summed E-state index contributed by atoms with van der Waals surface area (Å²) in [5, 5.41) is 22.9. The Labute approximate surface area is 295 Å². The van der Waals surface area contributed by atoms with Gasteiger partial charge in [-0.05, 0) is 25.2 Å². The Hall–Kier alpha value is -0.870. The number of carbonyl (C=O) groups excluding carboxylic acids is 1. The molecule has 0 radical (unpaired) electrons. The normalized spacial score (nSPS) is 13.1. The number of allylic oxidation sites excluding steroid dienone is 1. The van der Waals surface area contributed by atoms with Crippen LogP contribution in [0.15, 0.2) is 12.2 Å². The van der Waals surface area contributed by atoms with Gasteiger partial charge in [-0.2, -0.15) is 0 Å². The van der Waals surface area contributed by atoms with Crippen LogP contribution in [0.25, 0.3) is 0 Å². The molecule has 0 rings (SSSR count). The molecule has 4 nitrogen and oxygen atoms in total. The van der Waals surface area contributed by atoms with Crippen LogP contribution >= 0.6 is 0 Å². The van der Waals surface area contributed by atoms with Crippen molar-refractivity contribution in [3.63, 3.8) is 0 Å². The second kappa shape index (κ2) is 37.9. The fraction of sp³-hybridized carbons (Fsp3) is 0.930. The summed E-state index contributed by atoms with van der Waals surface area (Å²) in [5.74, 6) is 0.761. The predicted molar refractivity (Wildman–Crippen MR) is 207 cm³/mol. The third-order valence-electron chi connectivity index (χ3n) is 9.95. The van der Waals surface area contributed by atoms with Crippen LogP contribution in [0.3, 0.4) is 0 Å². The van der Waals surface area contributed by atoms with E-state index in [-0.39, 0.29) is 12.5 Å². The van der Waals surface area contributed by atoms with Crippen LogP contribution in [0.5, 0.6) is 0 Å². The predicted octanol–water partition coefficient (Wildman–Crippen LogP) is 12.9. The molecule has 2 atom stereocenters. The van der Waals surface area contributed by atoms with Crippen molar-refractivity contribution >= 4 is 5.91 Å². The minimum absolute atomic E-state index is 0.0617. The summed E-state index contributed by atoms with van der Waals surface area (Å²) in [6, 6.07) is -0.617. The van der Waals surface area contributed by atoms with E-state index in [1.165, 1.54) is 180 Å². The van der Waals surface area contributed by atoms with Crippen LogP contribution in [-0.2, 0) is 4.79 Å². The zero-order valence-corrected chi connectivity index (χ0v) is 32.2. The highest BCUT2D eigenvalue weighted by Crippen LogP contribution is 2.16. The van der Waals surface area contributed by atoms with E-state index in [0.29, 0.717) is 6.42 Å². The van der Waals surface area contributed by atoms with E-state index in [4.69, 9.17) is 0 Å². The van der Waals surface area contributed by atoms with Crippen molar-refractivity contribution in [3.8, 4) is 0 Å². The zero-order valence-electron chi connectivity index (χ0n) is 32.2. The van der Waals surface area contributed by atoms with Crippen LogP contribution in [0.1, 0.15) is 233 Å². The Morgan fingerprint density at radius 2 is 0.915 bits per heavy atom. The lowest BCUT2D eigenvalue weighted by molar-refractivity contribution is -0.123. The van der Waals surface area contributed by atoms with Gasteiger partial charge in [0.05, 0.1) is 18.8 Å². The second-order valence-electron chi connectivity index (χ2n) is 15.2. The first-order valence-corrected chi connectivity index (χ1v) is 21.3. The molecule has 0 aliphatic carbocycles. The van der Waals surface area contributed by atoms with Gasteiger partial charge in [0.2, 0.25) is 5.91 Å². The molecule has 0 heterocycles. The van der Waals surface area contributed by atoms with E-state index in [1.807, 2.05) is 6.08 Å². The molecular formula is C43H85NO3. The molecule has 0 unspecified atom stereocenters. The zero-order chi connectivity index (χ0) is 34.5. The molecule has 0 aromatic rings. The number of aliphatic hydroxyl groups is 2. The molecule has 4 heteroatoms. The Morgan fingerprint density at radius 3 is 1.30 bits per heavy atom. The summed E-state index contributed by atoms with van der Waals surface area (Å²) in [4.78, 5) is 12.4. The molecule has 0 saturated heterocycles. The van der Waals surface area contributed by atoms with Crippen LogP contribution in [0.2, 0.25) is 0 Å². The van der Waals surface area contributed by atoms with E-state index in [9.17, 15) is 15.0 Å². The van der Waals surface area contributed by atoms with Crippen LogP contribution < -0.4 is 5.32 Å². The molecule has 0 bridgehead atoms. The Balaban J connectivity index is 3.49.